The summed E-state index contributed by atoms with van der Waals surface area (Å²) in [7, 11) is 0. The number of carbonyl (C=O) groups excluding carboxylic acids is 1. The predicted molar refractivity (Wildman–Crippen MR) is 96.5 cm³/mol. The Labute approximate surface area is 147 Å². The molecule has 0 fully saturated rings. The lowest BCUT2D eigenvalue weighted by Crippen LogP contribution is -2.30. The molecule has 0 aliphatic rings. The van der Waals surface area contributed by atoms with E-state index in [2.05, 4.69) is 10.4 Å². The molecule has 0 aliphatic heterocycles. The van der Waals surface area contributed by atoms with Gasteiger partial charge in [0.15, 0.2) is 0 Å². The number of ether oxygens (including phenoxy) is 1. The maximum Gasteiger partial charge on any atom is 0.271 e. The molecule has 1 amide bonds. The van der Waals surface area contributed by atoms with Gasteiger partial charge in [0, 0.05) is 25.8 Å². The third-order valence-corrected chi connectivity index (χ3v) is 3.78. The standard InChI is InChI=1S/C19H25N3O3/c1-3-13-22-18(23)11-10-17(21-22)19(24)20-12-7-14-25-15(2)16-8-5-4-6-9-16/h4-6,8-11,15H,3,7,12-14H2,1-2H3,(H,20,24). The summed E-state index contributed by atoms with van der Waals surface area (Å²) in [5.74, 6) is -0.277. The van der Waals surface area contributed by atoms with Gasteiger partial charge in [0.05, 0.1) is 6.10 Å². The van der Waals surface area contributed by atoms with Crippen molar-refractivity contribution in [3.63, 3.8) is 0 Å². The van der Waals surface area contributed by atoms with Gasteiger partial charge in [-0.1, -0.05) is 37.3 Å². The molecular formula is C19H25N3O3. The largest absolute Gasteiger partial charge is 0.374 e. The zero-order valence-electron chi connectivity index (χ0n) is 14.8. The summed E-state index contributed by atoms with van der Waals surface area (Å²) in [4.78, 5) is 23.7. The molecule has 0 radical (unpaired) electrons. The summed E-state index contributed by atoms with van der Waals surface area (Å²) in [6, 6.07) is 12.8. The molecule has 2 rings (SSSR count). The van der Waals surface area contributed by atoms with E-state index >= 15 is 0 Å². The van der Waals surface area contributed by atoms with Gasteiger partial charge >= 0.3 is 0 Å². The molecule has 1 N–H and O–H groups in total. The van der Waals surface area contributed by atoms with E-state index in [0.29, 0.717) is 26.1 Å². The summed E-state index contributed by atoms with van der Waals surface area (Å²) >= 11 is 0. The second-order valence-corrected chi connectivity index (χ2v) is 5.81. The van der Waals surface area contributed by atoms with Crippen molar-refractivity contribution in [3.05, 3.63) is 64.1 Å². The van der Waals surface area contributed by atoms with Crippen LogP contribution in [0.1, 0.15) is 48.8 Å². The maximum atomic E-state index is 12.1. The van der Waals surface area contributed by atoms with Gasteiger partial charge in [-0.05, 0) is 31.4 Å². The molecular weight excluding hydrogens is 318 g/mol. The van der Waals surface area contributed by atoms with Crippen LogP contribution in [-0.4, -0.2) is 28.8 Å². The van der Waals surface area contributed by atoms with Crippen molar-refractivity contribution in [1.82, 2.24) is 15.1 Å². The molecule has 0 spiro atoms. The molecule has 1 aromatic carbocycles. The van der Waals surface area contributed by atoms with Crippen molar-refractivity contribution in [3.8, 4) is 0 Å². The molecule has 0 aliphatic carbocycles. The van der Waals surface area contributed by atoms with Crippen LogP contribution < -0.4 is 10.9 Å². The molecule has 0 bridgehead atoms. The fourth-order valence-corrected chi connectivity index (χ4v) is 2.39. The summed E-state index contributed by atoms with van der Waals surface area (Å²) in [5, 5.41) is 6.89. The van der Waals surface area contributed by atoms with Crippen molar-refractivity contribution in [2.24, 2.45) is 0 Å². The highest BCUT2D eigenvalue weighted by Gasteiger charge is 2.09. The minimum absolute atomic E-state index is 0.0242. The smallest absolute Gasteiger partial charge is 0.271 e. The Bertz CT molecular complexity index is 728. The number of benzene rings is 1. The Morgan fingerprint density at radius 1 is 1.24 bits per heavy atom. The van der Waals surface area contributed by atoms with Gasteiger partial charge < -0.3 is 10.1 Å². The molecule has 1 atom stereocenters. The van der Waals surface area contributed by atoms with Gasteiger partial charge in [0.1, 0.15) is 5.69 Å². The molecule has 1 aromatic heterocycles. The Kier molecular flexibility index (Phi) is 7.35. The Morgan fingerprint density at radius 3 is 2.72 bits per heavy atom. The van der Waals surface area contributed by atoms with Gasteiger partial charge in [-0.3, -0.25) is 9.59 Å². The van der Waals surface area contributed by atoms with Gasteiger partial charge in [0.2, 0.25) is 0 Å². The molecule has 25 heavy (non-hydrogen) atoms. The van der Waals surface area contributed by atoms with Crippen LogP contribution in [0.3, 0.4) is 0 Å². The van der Waals surface area contributed by atoms with Crippen LogP contribution in [0.4, 0.5) is 0 Å². The maximum absolute atomic E-state index is 12.1. The lowest BCUT2D eigenvalue weighted by molar-refractivity contribution is 0.0634. The zero-order valence-corrected chi connectivity index (χ0v) is 14.8. The monoisotopic (exact) mass is 343 g/mol. The highest BCUT2D eigenvalue weighted by molar-refractivity contribution is 5.91. The van der Waals surface area contributed by atoms with Crippen LogP contribution in [0.5, 0.6) is 0 Å². The molecule has 2 aromatic rings. The van der Waals surface area contributed by atoms with E-state index in [1.165, 1.54) is 16.8 Å². The van der Waals surface area contributed by atoms with Crippen molar-refractivity contribution >= 4 is 5.91 Å². The number of amides is 1. The van der Waals surface area contributed by atoms with Gasteiger partial charge in [-0.2, -0.15) is 5.10 Å². The number of hydrogen-bond acceptors (Lipinski definition) is 4. The number of aromatic nitrogens is 2. The average Bonchev–Trinajstić information content (AvgIpc) is 2.63. The Balaban J connectivity index is 1.74. The van der Waals surface area contributed by atoms with Crippen molar-refractivity contribution < 1.29 is 9.53 Å². The number of hydrogen-bond donors (Lipinski definition) is 1. The zero-order chi connectivity index (χ0) is 18.1. The van der Waals surface area contributed by atoms with Crippen LogP contribution in [-0.2, 0) is 11.3 Å². The van der Waals surface area contributed by atoms with E-state index in [0.717, 1.165) is 12.0 Å². The first-order chi connectivity index (χ1) is 12.1. The Morgan fingerprint density at radius 2 is 2.00 bits per heavy atom. The van der Waals surface area contributed by atoms with Crippen molar-refractivity contribution in [1.29, 1.82) is 0 Å². The van der Waals surface area contributed by atoms with E-state index in [9.17, 15) is 9.59 Å². The van der Waals surface area contributed by atoms with E-state index in [-0.39, 0.29) is 23.3 Å². The van der Waals surface area contributed by atoms with Crippen molar-refractivity contribution in [2.75, 3.05) is 13.2 Å². The van der Waals surface area contributed by atoms with E-state index in [1.54, 1.807) is 0 Å². The van der Waals surface area contributed by atoms with Gasteiger partial charge in [-0.15, -0.1) is 0 Å². The van der Waals surface area contributed by atoms with Gasteiger partial charge in [0.25, 0.3) is 11.5 Å². The molecule has 0 saturated carbocycles. The fourth-order valence-electron chi connectivity index (χ4n) is 2.39. The molecule has 1 unspecified atom stereocenters. The second kappa shape index (κ2) is 9.74. The summed E-state index contributed by atoms with van der Waals surface area (Å²) in [5.41, 5.74) is 1.20. The minimum Gasteiger partial charge on any atom is -0.374 e. The Hall–Kier alpha value is -2.47. The van der Waals surface area contributed by atoms with E-state index in [4.69, 9.17) is 4.74 Å². The van der Waals surface area contributed by atoms with E-state index < -0.39 is 0 Å². The van der Waals surface area contributed by atoms with Crippen molar-refractivity contribution in [2.45, 2.75) is 39.3 Å². The number of nitrogens with zero attached hydrogens (tertiary/aromatic N) is 2. The van der Waals surface area contributed by atoms with Crippen LogP contribution in [0.2, 0.25) is 0 Å². The van der Waals surface area contributed by atoms with Crippen LogP contribution in [0.15, 0.2) is 47.3 Å². The summed E-state index contributed by atoms with van der Waals surface area (Å²) in [6.07, 6.45) is 1.52. The molecule has 0 saturated heterocycles. The molecule has 6 heteroatoms. The van der Waals surface area contributed by atoms with E-state index in [1.807, 2.05) is 44.2 Å². The summed E-state index contributed by atoms with van der Waals surface area (Å²) in [6.45, 7) is 5.52. The first-order valence-electron chi connectivity index (χ1n) is 8.64. The number of nitrogens with one attached hydrogen (secondary N) is 1. The molecule has 6 nitrogen and oxygen atoms in total. The fraction of sp³-hybridized carbons (Fsp3) is 0.421. The average molecular weight is 343 g/mol. The van der Waals surface area contributed by atoms with Crippen LogP contribution >= 0.6 is 0 Å². The third-order valence-electron chi connectivity index (χ3n) is 3.78. The first-order valence-corrected chi connectivity index (χ1v) is 8.64. The minimum atomic E-state index is -0.277. The normalized spacial score (nSPS) is 11.9. The highest BCUT2D eigenvalue weighted by atomic mass is 16.5. The number of rotatable bonds is 9. The van der Waals surface area contributed by atoms with Crippen LogP contribution in [0, 0.1) is 0 Å². The number of carbonyl (C=O) groups is 1. The lowest BCUT2D eigenvalue weighted by Gasteiger charge is -2.13. The molecule has 134 valence electrons. The third kappa shape index (κ3) is 5.83. The topological polar surface area (TPSA) is 73.2 Å². The predicted octanol–water partition coefficient (Wildman–Crippen LogP) is 2.55. The second-order valence-electron chi connectivity index (χ2n) is 5.81. The SMILES string of the molecule is CCCn1nc(C(=O)NCCCOC(C)c2ccccc2)ccc1=O. The quantitative estimate of drug-likeness (QED) is 0.710. The lowest BCUT2D eigenvalue weighted by atomic mass is 10.1. The van der Waals surface area contributed by atoms with Gasteiger partial charge in [-0.25, -0.2) is 4.68 Å². The number of aryl methyl sites for hydroxylation is 1. The first kappa shape index (κ1) is 18.9. The van der Waals surface area contributed by atoms with Crippen LogP contribution in [0.25, 0.3) is 0 Å². The highest BCUT2D eigenvalue weighted by Crippen LogP contribution is 2.15. The molecule has 1 heterocycles. The summed E-state index contributed by atoms with van der Waals surface area (Å²) < 4.78 is 7.09.